The minimum Gasteiger partial charge on any atom is -0.496 e. The summed E-state index contributed by atoms with van der Waals surface area (Å²) in [5.74, 6) is 0.614. The van der Waals surface area contributed by atoms with Crippen LogP contribution in [0.15, 0.2) is 12.1 Å². The Morgan fingerprint density at radius 2 is 2.00 bits per heavy atom. The molecule has 0 unspecified atom stereocenters. The zero-order chi connectivity index (χ0) is 11.4. The van der Waals surface area contributed by atoms with Crippen molar-refractivity contribution in [3.05, 3.63) is 28.8 Å². The molecule has 15 heavy (non-hydrogen) atoms. The fraction of sp³-hybridized carbons (Fsp3) is 0.333. The molecule has 1 aromatic rings. The molecule has 0 saturated heterocycles. The number of aldehydes is 1. The monoisotopic (exact) mass is 206 g/mol. The molecule has 0 aliphatic carbocycles. The van der Waals surface area contributed by atoms with Crippen molar-refractivity contribution in [2.75, 3.05) is 7.11 Å². The molecule has 0 aliphatic heterocycles. The van der Waals surface area contributed by atoms with E-state index in [2.05, 4.69) is 0 Å². The van der Waals surface area contributed by atoms with Gasteiger partial charge < -0.3 is 9.53 Å². The van der Waals surface area contributed by atoms with Crippen LogP contribution in [0.4, 0.5) is 0 Å². The molecular formula is C12H14O3. The van der Waals surface area contributed by atoms with E-state index < -0.39 is 0 Å². The number of hydrogen-bond acceptors (Lipinski definition) is 3. The summed E-state index contributed by atoms with van der Waals surface area (Å²) >= 11 is 0. The average Bonchev–Trinajstić information content (AvgIpc) is 2.22. The van der Waals surface area contributed by atoms with Gasteiger partial charge in [-0.1, -0.05) is 0 Å². The Hall–Kier alpha value is -1.64. The third-order valence-corrected chi connectivity index (χ3v) is 2.53. The van der Waals surface area contributed by atoms with Crippen LogP contribution in [0, 0.1) is 13.8 Å². The number of carbonyl (C=O) groups is 2. The second-order valence-electron chi connectivity index (χ2n) is 3.36. The summed E-state index contributed by atoms with van der Waals surface area (Å²) in [5.41, 5.74) is 2.41. The van der Waals surface area contributed by atoms with E-state index in [1.807, 2.05) is 13.8 Å². The number of ether oxygens (including phenoxy) is 1. The molecule has 0 amide bonds. The third kappa shape index (κ3) is 2.24. The van der Waals surface area contributed by atoms with Crippen molar-refractivity contribution in [3.8, 4) is 5.75 Å². The maximum Gasteiger partial charge on any atom is 0.170 e. The minimum absolute atomic E-state index is 0.0629. The van der Waals surface area contributed by atoms with Crippen molar-refractivity contribution in [2.24, 2.45) is 0 Å². The quantitative estimate of drug-likeness (QED) is 0.430. The molecule has 0 bridgehead atoms. The smallest absolute Gasteiger partial charge is 0.170 e. The maximum atomic E-state index is 11.5. The number of ketones is 1. The number of rotatable bonds is 4. The SMILES string of the molecule is COc1ccc(C(=O)CC=O)c(C)c1C. The predicted octanol–water partition coefficient (Wildman–Crippen LogP) is 2.08. The zero-order valence-electron chi connectivity index (χ0n) is 9.16. The summed E-state index contributed by atoms with van der Waals surface area (Å²) < 4.78 is 5.14. The van der Waals surface area contributed by atoms with Crippen LogP contribution >= 0.6 is 0 Å². The lowest BCUT2D eigenvalue weighted by Gasteiger charge is -2.10. The van der Waals surface area contributed by atoms with E-state index in [0.717, 1.165) is 16.9 Å². The van der Waals surface area contributed by atoms with Crippen LogP contribution < -0.4 is 4.74 Å². The van der Waals surface area contributed by atoms with Gasteiger partial charge in [-0.2, -0.15) is 0 Å². The lowest BCUT2D eigenvalue weighted by atomic mass is 9.98. The van der Waals surface area contributed by atoms with E-state index in [1.165, 1.54) is 0 Å². The summed E-state index contributed by atoms with van der Waals surface area (Å²) in [6.45, 7) is 3.75. The summed E-state index contributed by atoms with van der Waals surface area (Å²) in [4.78, 5) is 21.8. The summed E-state index contributed by atoms with van der Waals surface area (Å²) in [7, 11) is 1.59. The van der Waals surface area contributed by atoms with E-state index in [4.69, 9.17) is 4.74 Å². The van der Waals surface area contributed by atoms with Gasteiger partial charge in [-0.15, -0.1) is 0 Å². The van der Waals surface area contributed by atoms with Gasteiger partial charge in [-0.05, 0) is 37.1 Å². The lowest BCUT2D eigenvalue weighted by molar-refractivity contribution is -0.107. The third-order valence-electron chi connectivity index (χ3n) is 2.53. The van der Waals surface area contributed by atoms with Crippen LogP contribution in [-0.2, 0) is 4.79 Å². The molecule has 0 saturated carbocycles. The van der Waals surface area contributed by atoms with Crippen LogP contribution in [0.5, 0.6) is 5.75 Å². The van der Waals surface area contributed by atoms with Crippen molar-refractivity contribution in [1.29, 1.82) is 0 Å². The normalized spacial score (nSPS) is 9.80. The van der Waals surface area contributed by atoms with Crippen molar-refractivity contribution >= 4 is 12.1 Å². The lowest BCUT2D eigenvalue weighted by Crippen LogP contribution is -2.04. The van der Waals surface area contributed by atoms with Gasteiger partial charge >= 0.3 is 0 Å². The van der Waals surface area contributed by atoms with Gasteiger partial charge in [0.25, 0.3) is 0 Å². The van der Waals surface area contributed by atoms with Gasteiger partial charge in [0.1, 0.15) is 12.0 Å². The number of carbonyl (C=O) groups excluding carboxylic acids is 2. The number of hydrogen-bond donors (Lipinski definition) is 0. The summed E-state index contributed by atoms with van der Waals surface area (Å²) in [6, 6.07) is 3.45. The molecule has 0 fully saturated rings. The van der Waals surface area contributed by atoms with Crippen molar-refractivity contribution < 1.29 is 14.3 Å². The molecule has 0 heterocycles. The first-order valence-electron chi connectivity index (χ1n) is 4.72. The van der Waals surface area contributed by atoms with Crippen LogP contribution in [-0.4, -0.2) is 19.2 Å². The predicted molar refractivity (Wildman–Crippen MR) is 57.5 cm³/mol. The van der Waals surface area contributed by atoms with E-state index in [-0.39, 0.29) is 12.2 Å². The van der Waals surface area contributed by atoms with Crippen molar-refractivity contribution in [3.63, 3.8) is 0 Å². The molecule has 1 rings (SSSR count). The standard InChI is InChI=1S/C12H14O3/c1-8-9(2)12(15-3)5-4-10(8)11(14)6-7-13/h4-5,7H,6H2,1-3H3. The average molecular weight is 206 g/mol. The largest absolute Gasteiger partial charge is 0.496 e. The molecule has 0 aromatic heterocycles. The molecule has 0 aliphatic rings. The van der Waals surface area contributed by atoms with E-state index in [0.29, 0.717) is 11.8 Å². The van der Waals surface area contributed by atoms with Crippen LogP contribution in [0.25, 0.3) is 0 Å². The Balaban J connectivity index is 3.17. The second-order valence-corrected chi connectivity index (χ2v) is 3.36. The first kappa shape index (κ1) is 11.4. The molecule has 0 atom stereocenters. The molecule has 1 aromatic carbocycles. The minimum atomic E-state index is -0.145. The molecule has 3 heteroatoms. The molecule has 80 valence electrons. The van der Waals surface area contributed by atoms with Crippen LogP contribution in [0.2, 0.25) is 0 Å². The molecular weight excluding hydrogens is 192 g/mol. The van der Waals surface area contributed by atoms with E-state index in [1.54, 1.807) is 19.2 Å². The van der Waals surface area contributed by atoms with Gasteiger partial charge in [-0.25, -0.2) is 0 Å². The second kappa shape index (κ2) is 4.73. The van der Waals surface area contributed by atoms with E-state index >= 15 is 0 Å². The Bertz CT molecular complexity index is 394. The maximum absolute atomic E-state index is 11.5. The molecule has 0 N–H and O–H groups in total. The Labute approximate surface area is 89.1 Å². The van der Waals surface area contributed by atoms with Gasteiger partial charge in [0.2, 0.25) is 0 Å². The summed E-state index contributed by atoms with van der Waals surface area (Å²) in [5, 5.41) is 0. The highest BCUT2D eigenvalue weighted by molar-refractivity contribution is 6.04. The highest BCUT2D eigenvalue weighted by Gasteiger charge is 2.12. The van der Waals surface area contributed by atoms with Crippen molar-refractivity contribution in [2.45, 2.75) is 20.3 Å². The first-order valence-corrected chi connectivity index (χ1v) is 4.72. The number of methoxy groups -OCH3 is 1. The van der Waals surface area contributed by atoms with Gasteiger partial charge in [0.15, 0.2) is 5.78 Å². The number of benzene rings is 1. The highest BCUT2D eigenvalue weighted by Crippen LogP contribution is 2.24. The van der Waals surface area contributed by atoms with Crippen LogP contribution in [0.3, 0.4) is 0 Å². The van der Waals surface area contributed by atoms with Crippen LogP contribution in [0.1, 0.15) is 27.9 Å². The summed E-state index contributed by atoms with van der Waals surface area (Å²) in [6.07, 6.45) is 0.563. The Morgan fingerprint density at radius 1 is 1.33 bits per heavy atom. The molecule has 0 spiro atoms. The molecule has 3 nitrogen and oxygen atoms in total. The Kier molecular flexibility index (Phi) is 3.61. The van der Waals surface area contributed by atoms with E-state index in [9.17, 15) is 9.59 Å². The Morgan fingerprint density at radius 3 is 2.53 bits per heavy atom. The topological polar surface area (TPSA) is 43.4 Å². The van der Waals surface area contributed by atoms with Gasteiger partial charge in [0, 0.05) is 5.56 Å². The van der Waals surface area contributed by atoms with Gasteiger partial charge in [0.05, 0.1) is 13.5 Å². The van der Waals surface area contributed by atoms with Crippen molar-refractivity contribution in [1.82, 2.24) is 0 Å². The molecule has 0 radical (unpaired) electrons. The number of Topliss-reactive ketones (excluding diaryl/α,β-unsaturated/α-hetero) is 1. The van der Waals surface area contributed by atoms with Gasteiger partial charge in [-0.3, -0.25) is 4.79 Å². The fourth-order valence-electron chi connectivity index (χ4n) is 1.50. The zero-order valence-corrected chi connectivity index (χ0v) is 9.16. The highest BCUT2D eigenvalue weighted by atomic mass is 16.5. The first-order chi connectivity index (χ1) is 7.11. The fourth-order valence-corrected chi connectivity index (χ4v) is 1.50.